The van der Waals surface area contributed by atoms with E-state index in [0.29, 0.717) is 17.3 Å². The average Bonchev–Trinajstić information content (AvgIpc) is 3.06. The van der Waals surface area contributed by atoms with Crippen LogP contribution in [0.5, 0.6) is 0 Å². The predicted octanol–water partition coefficient (Wildman–Crippen LogP) is 2.73. The number of nitrogens with two attached hydrogens (primary N) is 1. The molecule has 2 rings (SSSR count). The van der Waals surface area contributed by atoms with E-state index in [9.17, 15) is 13.2 Å². The highest BCUT2D eigenvalue weighted by atomic mass is 35.5. The molecule has 28 heavy (non-hydrogen) atoms. The number of likely N-dealkylation sites (N-methyl/N-ethyl adjacent to an activating group) is 1. The maximum Gasteiger partial charge on any atom is 0.238 e. The van der Waals surface area contributed by atoms with Crippen LogP contribution < -0.4 is 10.5 Å². The lowest BCUT2D eigenvalue weighted by molar-refractivity contribution is -0.129. The van der Waals surface area contributed by atoms with Crippen LogP contribution in [0.15, 0.2) is 29.7 Å². The number of aromatic nitrogens is 1. The highest BCUT2D eigenvalue weighted by Crippen LogP contribution is 2.21. The van der Waals surface area contributed by atoms with Crippen LogP contribution >= 0.6 is 22.9 Å². The number of hydrogen-bond acceptors (Lipinski definition) is 6. The SMILES string of the molecule is CCN(C)C(=O)Cc1csc(NS(=O)(=O)CC=Cc2cccc(Cl)c2CN)n1. The van der Waals surface area contributed by atoms with Crippen LogP contribution in [0.1, 0.15) is 23.7 Å². The standard InChI is InChI=1S/C18H23ClN4O3S2/c1-3-23(2)17(24)10-14-12-27-18(21-14)22-28(25,26)9-5-7-13-6-4-8-16(19)15(13)11-20/h4-8,12H,3,9-11,20H2,1-2H3,(H,21,22). The molecule has 0 radical (unpaired) electrons. The van der Waals surface area contributed by atoms with Crippen LogP contribution in [0.4, 0.5) is 5.13 Å². The Morgan fingerprint density at radius 1 is 1.43 bits per heavy atom. The van der Waals surface area contributed by atoms with Gasteiger partial charge in [0.2, 0.25) is 15.9 Å². The zero-order chi connectivity index (χ0) is 20.7. The smallest absolute Gasteiger partial charge is 0.238 e. The second-order valence-electron chi connectivity index (χ2n) is 6.03. The van der Waals surface area contributed by atoms with Crippen molar-refractivity contribution in [3.8, 4) is 0 Å². The predicted molar refractivity (Wildman–Crippen MR) is 115 cm³/mol. The second-order valence-corrected chi connectivity index (χ2v) is 9.06. The fraction of sp³-hybridized carbons (Fsp3) is 0.333. The van der Waals surface area contributed by atoms with Gasteiger partial charge < -0.3 is 10.6 Å². The van der Waals surface area contributed by atoms with Crippen LogP contribution in [0.3, 0.4) is 0 Å². The molecule has 0 saturated carbocycles. The molecule has 2 aromatic rings. The van der Waals surface area contributed by atoms with Gasteiger partial charge in [-0.15, -0.1) is 11.3 Å². The molecule has 0 fully saturated rings. The highest BCUT2D eigenvalue weighted by Gasteiger charge is 2.14. The van der Waals surface area contributed by atoms with Gasteiger partial charge in [0.1, 0.15) is 0 Å². The summed E-state index contributed by atoms with van der Waals surface area (Å²) in [7, 11) is -1.91. The minimum Gasteiger partial charge on any atom is -0.346 e. The fourth-order valence-electron chi connectivity index (χ4n) is 2.32. The molecule has 0 aliphatic carbocycles. The number of thiazole rings is 1. The first kappa shape index (κ1) is 22.4. The lowest BCUT2D eigenvalue weighted by Gasteiger charge is -2.12. The summed E-state index contributed by atoms with van der Waals surface area (Å²) in [6, 6.07) is 5.34. The van der Waals surface area contributed by atoms with Crippen LogP contribution in [0, 0.1) is 0 Å². The van der Waals surface area contributed by atoms with Crippen molar-refractivity contribution < 1.29 is 13.2 Å². The molecule has 0 spiro atoms. The Morgan fingerprint density at radius 2 is 2.18 bits per heavy atom. The van der Waals surface area contributed by atoms with E-state index in [-0.39, 0.29) is 29.8 Å². The maximum atomic E-state index is 12.3. The van der Waals surface area contributed by atoms with Gasteiger partial charge in [0.05, 0.1) is 17.9 Å². The fourth-order valence-corrected chi connectivity index (χ4v) is 4.46. The van der Waals surface area contributed by atoms with Gasteiger partial charge in [-0.3, -0.25) is 9.52 Å². The summed E-state index contributed by atoms with van der Waals surface area (Å²) >= 11 is 7.24. The zero-order valence-corrected chi connectivity index (χ0v) is 18.1. The summed E-state index contributed by atoms with van der Waals surface area (Å²) in [6.07, 6.45) is 3.35. The van der Waals surface area contributed by atoms with Crippen LogP contribution in [0.2, 0.25) is 5.02 Å². The van der Waals surface area contributed by atoms with Gasteiger partial charge in [0.15, 0.2) is 5.13 Å². The first-order chi connectivity index (χ1) is 13.3. The van der Waals surface area contributed by atoms with E-state index in [4.69, 9.17) is 17.3 Å². The van der Waals surface area contributed by atoms with Crippen molar-refractivity contribution in [2.24, 2.45) is 5.73 Å². The van der Waals surface area contributed by atoms with Gasteiger partial charge in [-0.25, -0.2) is 13.4 Å². The first-order valence-electron chi connectivity index (χ1n) is 8.58. The molecular formula is C18H23ClN4O3S2. The van der Waals surface area contributed by atoms with Crippen LogP contribution in [0.25, 0.3) is 6.08 Å². The molecule has 1 aromatic heterocycles. The highest BCUT2D eigenvalue weighted by molar-refractivity contribution is 7.93. The number of nitrogens with one attached hydrogen (secondary N) is 1. The normalized spacial score (nSPS) is 11.7. The number of halogens is 1. The molecule has 0 unspecified atom stereocenters. The van der Waals surface area contributed by atoms with Crippen molar-refractivity contribution in [3.63, 3.8) is 0 Å². The van der Waals surface area contributed by atoms with Gasteiger partial charge >= 0.3 is 0 Å². The summed E-state index contributed by atoms with van der Waals surface area (Å²) in [6.45, 7) is 2.75. The number of carbonyl (C=O) groups excluding carboxylic acids is 1. The molecule has 0 bridgehead atoms. The Balaban J connectivity index is 1.99. The third-order valence-electron chi connectivity index (χ3n) is 4.00. The van der Waals surface area contributed by atoms with Crippen LogP contribution in [-0.2, 0) is 27.8 Å². The van der Waals surface area contributed by atoms with E-state index >= 15 is 0 Å². The lowest BCUT2D eigenvalue weighted by atomic mass is 10.1. The number of anilines is 1. The van der Waals surface area contributed by atoms with Crippen molar-refractivity contribution in [1.29, 1.82) is 0 Å². The molecule has 152 valence electrons. The van der Waals surface area contributed by atoms with Crippen molar-refractivity contribution in [1.82, 2.24) is 9.88 Å². The summed E-state index contributed by atoms with van der Waals surface area (Å²) in [5.41, 5.74) is 7.77. The zero-order valence-electron chi connectivity index (χ0n) is 15.7. The maximum absolute atomic E-state index is 12.3. The number of nitrogens with zero attached hydrogens (tertiary/aromatic N) is 2. The van der Waals surface area contributed by atoms with Gasteiger partial charge in [0.25, 0.3) is 0 Å². The summed E-state index contributed by atoms with van der Waals surface area (Å²) < 4.78 is 27.0. The quantitative estimate of drug-likeness (QED) is 0.621. The van der Waals surface area contributed by atoms with Crippen molar-refractivity contribution in [2.75, 3.05) is 24.1 Å². The van der Waals surface area contributed by atoms with E-state index in [0.717, 1.165) is 22.5 Å². The number of hydrogen-bond donors (Lipinski definition) is 2. The number of benzene rings is 1. The monoisotopic (exact) mass is 442 g/mol. The van der Waals surface area contributed by atoms with Crippen molar-refractivity contribution >= 4 is 50.1 Å². The second kappa shape index (κ2) is 10.0. The third kappa shape index (κ3) is 6.30. The molecule has 10 heteroatoms. The van der Waals surface area contributed by atoms with E-state index < -0.39 is 10.0 Å². The average molecular weight is 443 g/mol. The third-order valence-corrected chi connectivity index (χ3v) is 6.42. The Labute approximate surface area is 174 Å². The van der Waals surface area contributed by atoms with Gasteiger partial charge in [-0.2, -0.15) is 0 Å². The Kier molecular flexibility index (Phi) is 7.99. The summed E-state index contributed by atoms with van der Waals surface area (Å²) in [4.78, 5) is 17.7. The molecular weight excluding hydrogens is 420 g/mol. The Bertz CT molecular complexity index is 957. The molecule has 1 aromatic carbocycles. The molecule has 3 N–H and O–H groups in total. The van der Waals surface area contributed by atoms with Gasteiger partial charge in [0, 0.05) is 30.5 Å². The molecule has 0 atom stereocenters. The number of sulfonamides is 1. The van der Waals surface area contributed by atoms with Crippen molar-refractivity contribution in [2.45, 2.75) is 19.9 Å². The molecule has 0 aliphatic rings. The minimum absolute atomic E-state index is 0.0672. The Morgan fingerprint density at radius 3 is 2.86 bits per heavy atom. The summed E-state index contributed by atoms with van der Waals surface area (Å²) in [5, 5.41) is 2.46. The van der Waals surface area contributed by atoms with E-state index in [2.05, 4.69) is 9.71 Å². The summed E-state index contributed by atoms with van der Waals surface area (Å²) in [5.74, 6) is -0.293. The molecule has 7 nitrogen and oxygen atoms in total. The number of amides is 1. The van der Waals surface area contributed by atoms with Gasteiger partial charge in [-0.05, 0) is 24.1 Å². The first-order valence-corrected chi connectivity index (χ1v) is 11.5. The van der Waals surface area contributed by atoms with E-state index in [1.165, 1.54) is 6.08 Å². The van der Waals surface area contributed by atoms with Crippen molar-refractivity contribution in [3.05, 3.63) is 51.5 Å². The number of rotatable bonds is 9. The lowest BCUT2D eigenvalue weighted by Crippen LogP contribution is -2.27. The molecule has 0 aliphatic heterocycles. The van der Waals surface area contributed by atoms with E-state index in [1.807, 2.05) is 13.0 Å². The molecule has 1 heterocycles. The minimum atomic E-state index is -3.62. The van der Waals surface area contributed by atoms with Gasteiger partial charge in [-0.1, -0.05) is 35.9 Å². The molecule has 1 amide bonds. The van der Waals surface area contributed by atoms with E-state index in [1.54, 1.807) is 35.5 Å². The largest absolute Gasteiger partial charge is 0.346 e. The molecule has 0 saturated heterocycles. The van der Waals surface area contributed by atoms with Crippen LogP contribution in [-0.4, -0.2) is 43.6 Å². The topological polar surface area (TPSA) is 105 Å². The Hall–Kier alpha value is -1.94. The number of carbonyl (C=O) groups is 1.